The molecule has 0 aliphatic carbocycles. The number of halogens is 1. The Hall–Kier alpha value is -2.29. The van der Waals surface area contributed by atoms with Gasteiger partial charge in [-0.05, 0) is 61.7 Å². The molecule has 4 rings (SSSR count). The molecule has 160 valence electrons. The third-order valence-corrected chi connectivity index (χ3v) is 7.12. The highest BCUT2D eigenvalue weighted by Crippen LogP contribution is 2.38. The zero-order valence-electron chi connectivity index (χ0n) is 16.5. The molecule has 30 heavy (non-hydrogen) atoms. The van der Waals surface area contributed by atoms with Crippen molar-refractivity contribution in [3.8, 4) is 11.5 Å². The maximum Gasteiger partial charge on any atom is 0.241 e. The fourth-order valence-electron chi connectivity index (χ4n) is 3.86. The van der Waals surface area contributed by atoms with Crippen LogP contribution in [-0.2, 0) is 14.8 Å². The molecule has 2 aliphatic heterocycles. The molecule has 9 heteroatoms. The summed E-state index contributed by atoms with van der Waals surface area (Å²) in [6.07, 6.45) is 1.66. The summed E-state index contributed by atoms with van der Waals surface area (Å²) < 4.78 is 39.0. The van der Waals surface area contributed by atoms with Crippen LogP contribution in [0.2, 0.25) is 5.02 Å². The van der Waals surface area contributed by atoms with Crippen LogP contribution < -0.4 is 14.2 Å². The summed E-state index contributed by atoms with van der Waals surface area (Å²) in [5.41, 5.74) is 0.956. The highest BCUT2D eigenvalue weighted by Gasteiger charge is 2.34. The minimum Gasteiger partial charge on any atom is -0.486 e. The largest absolute Gasteiger partial charge is 0.486 e. The first-order valence-corrected chi connectivity index (χ1v) is 11.7. The number of hydrogen-bond donors (Lipinski definition) is 1. The van der Waals surface area contributed by atoms with Crippen molar-refractivity contribution in [1.29, 1.82) is 0 Å². The normalized spacial score (nSPS) is 19.5. The van der Waals surface area contributed by atoms with E-state index in [1.807, 2.05) is 18.2 Å². The maximum absolute atomic E-state index is 13.1. The lowest BCUT2D eigenvalue weighted by Crippen LogP contribution is -2.46. The van der Waals surface area contributed by atoms with Crippen LogP contribution in [0.3, 0.4) is 0 Å². The van der Waals surface area contributed by atoms with E-state index in [1.54, 1.807) is 11.8 Å². The lowest BCUT2D eigenvalue weighted by Gasteiger charge is -2.29. The molecule has 1 amide bonds. The molecule has 2 aromatic carbocycles. The molecule has 0 saturated carbocycles. The van der Waals surface area contributed by atoms with Gasteiger partial charge in [0.15, 0.2) is 11.5 Å². The summed E-state index contributed by atoms with van der Waals surface area (Å²) >= 11 is 5.83. The molecule has 2 aliphatic rings. The highest BCUT2D eigenvalue weighted by atomic mass is 35.5. The van der Waals surface area contributed by atoms with Gasteiger partial charge in [0.1, 0.15) is 13.2 Å². The quantitative estimate of drug-likeness (QED) is 0.756. The predicted octanol–water partition coefficient (Wildman–Crippen LogP) is 3.14. The van der Waals surface area contributed by atoms with Gasteiger partial charge in [-0.3, -0.25) is 4.79 Å². The summed E-state index contributed by atoms with van der Waals surface area (Å²) in [5.74, 6) is 1.12. The van der Waals surface area contributed by atoms with Gasteiger partial charge in [-0.1, -0.05) is 17.7 Å². The van der Waals surface area contributed by atoms with Gasteiger partial charge in [-0.15, -0.1) is 0 Å². The fraction of sp³-hybridized carbons (Fsp3) is 0.381. The Morgan fingerprint density at radius 1 is 1.13 bits per heavy atom. The van der Waals surface area contributed by atoms with Gasteiger partial charge < -0.3 is 14.4 Å². The zero-order valence-corrected chi connectivity index (χ0v) is 18.1. The van der Waals surface area contributed by atoms with Crippen molar-refractivity contribution in [1.82, 2.24) is 9.62 Å². The van der Waals surface area contributed by atoms with Gasteiger partial charge >= 0.3 is 0 Å². The summed E-state index contributed by atoms with van der Waals surface area (Å²) in [6.45, 7) is 3.15. The number of amides is 1. The number of ether oxygens (including phenoxy) is 2. The summed E-state index contributed by atoms with van der Waals surface area (Å²) in [4.78, 5) is 14.9. The molecule has 0 bridgehead atoms. The van der Waals surface area contributed by atoms with Crippen molar-refractivity contribution in [2.45, 2.75) is 36.7 Å². The predicted molar refractivity (Wildman–Crippen MR) is 112 cm³/mol. The van der Waals surface area contributed by atoms with Crippen molar-refractivity contribution < 1.29 is 22.7 Å². The number of rotatable bonds is 5. The van der Waals surface area contributed by atoms with Crippen molar-refractivity contribution in [2.75, 3.05) is 19.8 Å². The van der Waals surface area contributed by atoms with Crippen LogP contribution in [0, 0.1) is 0 Å². The first-order valence-electron chi connectivity index (χ1n) is 9.83. The number of sulfonamides is 1. The third kappa shape index (κ3) is 4.26. The number of hydrogen-bond acceptors (Lipinski definition) is 5. The lowest BCUT2D eigenvalue weighted by molar-refractivity contribution is -0.133. The zero-order chi connectivity index (χ0) is 21.3. The Kier molecular flexibility index (Phi) is 5.90. The number of nitrogens with one attached hydrogen (secondary N) is 1. The molecule has 1 saturated heterocycles. The average molecular weight is 451 g/mol. The summed E-state index contributed by atoms with van der Waals surface area (Å²) in [6, 6.07) is 10.5. The number of benzene rings is 2. The molecule has 1 unspecified atom stereocenters. The van der Waals surface area contributed by atoms with Gasteiger partial charge in [0, 0.05) is 11.6 Å². The van der Waals surface area contributed by atoms with E-state index in [0.29, 0.717) is 36.3 Å². The van der Waals surface area contributed by atoms with Gasteiger partial charge in [0.05, 0.1) is 17.0 Å². The van der Waals surface area contributed by atoms with Gasteiger partial charge in [-0.2, -0.15) is 4.72 Å². The molecule has 0 radical (unpaired) electrons. The molecule has 1 N–H and O–H groups in total. The monoisotopic (exact) mass is 450 g/mol. The average Bonchev–Trinajstić information content (AvgIpc) is 3.22. The molecule has 2 heterocycles. The van der Waals surface area contributed by atoms with E-state index in [1.165, 1.54) is 24.3 Å². The van der Waals surface area contributed by atoms with Crippen LogP contribution in [0.5, 0.6) is 11.5 Å². The topological polar surface area (TPSA) is 84.9 Å². The Labute approximate surface area is 181 Å². The van der Waals surface area contributed by atoms with Crippen LogP contribution in [0.1, 0.15) is 31.4 Å². The van der Waals surface area contributed by atoms with Crippen LogP contribution in [0.15, 0.2) is 47.4 Å². The first kappa shape index (κ1) is 21.0. The molecule has 1 fully saturated rings. The van der Waals surface area contributed by atoms with E-state index in [9.17, 15) is 13.2 Å². The second-order valence-corrected chi connectivity index (χ2v) is 9.54. The maximum atomic E-state index is 13.1. The highest BCUT2D eigenvalue weighted by molar-refractivity contribution is 7.89. The standard InChI is InChI=1S/C21H23ClN2O5S/c1-14(23-30(26,27)17-7-5-16(22)6-8-17)21(25)24-10-2-3-18(24)15-4-9-19-20(13-15)29-12-11-28-19/h4-9,13-14,18,23H,2-3,10-12H2,1H3/t14-,18?/m0/s1. The Morgan fingerprint density at radius 2 is 1.83 bits per heavy atom. The molecule has 2 aromatic rings. The van der Waals surface area contributed by atoms with E-state index >= 15 is 0 Å². The Morgan fingerprint density at radius 3 is 2.57 bits per heavy atom. The Balaban J connectivity index is 1.50. The van der Waals surface area contributed by atoms with E-state index < -0.39 is 16.1 Å². The van der Waals surface area contributed by atoms with E-state index in [2.05, 4.69) is 4.72 Å². The number of fused-ring (bicyclic) bond motifs is 1. The number of likely N-dealkylation sites (tertiary alicyclic amines) is 1. The summed E-state index contributed by atoms with van der Waals surface area (Å²) in [5, 5.41) is 0.442. The van der Waals surface area contributed by atoms with Crippen LogP contribution in [-0.4, -0.2) is 45.0 Å². The SMILES string of the molecule is C[C@H](NS(=O)(=O)c1ccc(Cl)cc1)C(=O)N1CCCC1c1ccc2c(c1)OCCO2. The van der Waals surface area contributed by atoms with Crippen molar-refractivity contribution in [3.05, 3.63) is 53.1 Å². The molecule has 7 nitrogen and oxygen atoms in total. The minimum absolute atomic E-state index is 0.0661. The molecular formula is C21H23ClN2O5S. The number of carbonyl (C=O) groups excluding carboxylic acids is 1. The lowest BCUT2D eigenvalue weighted by atomic mass is 10.0. The molecular weight excluding hydrogens is 428 g/mol. The fourth-order valence-corrected chi connectivity index (χ4v) is 5.18. The van der Waals surface area contributed by atoms with E-state index in [0.717, 1.165) is 18.4 Å². The van der Waals surface area contributed by atoms with Crippen molar-refractivity contribution >= 4 is 27.5 Å². The number of nitrogens with zero attached hydrogens (tertiary/aromatic N) is 1. The van der Waals surface area contributed by atoms with Gasteiger partial charge in [-0.25, -0.2) is 8.42 Å². The first-order chi connectivity index (χ1) is 14.3. The van der Waals surface area contributed by atoms with E-state index in [-0.39, 0.29) is 16.8 Å². The Bertz CT molecular complexity index is 1040. The molecule has 0 spiro atoms. The smallest absolute Gasteiger partial charge is 0.241 e. The second-order valence-electron chi connectivity index (χ2n) is 7.39. The van der Waals surface area contributed by atoms with E-state index in [4.69, 9.17) is 21.1 Å². The van der Waals surface area contributed by atoms with Gasteiger partial charge in [0.2, 0.25) is 15.9 Å². The van der Waals surface area contributed by atoms with Crippen LogP contribution in [0.25, 0.3) is 0 Å². The molecule has 2 atom stereocenters. The third-order valence-electron chi connectivity index (χ3n) is 5.31. The van der Waals surface area contributed by atoms with Crippen LogP contribution >= 0.6 is 11.6 Å². The minimum atomic E-state index is -3.84. The van der Waals surface area contributed by atoms with Crippen molar-refractivity contribution in [3.63, 3.8) is 0 Å². The van der Waals surface area contributed by atoms with Gasteiger partial charge in [0.25, 0.3) is 0 Å². The molecule has 0 aromatic heterocycles. The number of carbonyl (C=O) groups is 1. The van der Waals surface area contributed by atoms with Crippen molar-refractivity contribution in [2.24, 2.45) is 0 Å². The second kappa shape index (κ2) is 8.45. The van der Waals surface area contributed by atoms with Crippen LogP contribution in [0.4, 0.5) is 0 Å². The summed E-state index contributed by atoms with van der Waals surface area (Å²) in [7, 11) is -3.84.